The highest BCUT2D eigenvalue weighted by Crippen LogP contribution is 2.17. The van der Waals surface area contributed by atoms with Crippen LogP contribution in [-0.4, -0.2) is 20.6 Å². The van der Waals surface area contributed by atoms with E-state index in [9.17, 15) is 9.18 Å². The van der Waals surface area contributed by atoms with Crippen LogP contribution >= 0.6 is 0 Å². The second kappa shape index (κ2) is 4.21. The van der Waals surface area contributed by atoms with Crippen molar-refractivity contribution in [2.75, 3.05) is 0 Å². The molecule has 14 heavy (non-hydrogen) atoms. The van der Waals surface area contributed by atoms with Gasteiger partial charge in [0.1, 0.15) is 12.0 Å². The lowest BCUT2D eigenvalue weighted by Crippen LogP contribution is -2.05. The first-order valence-electron chi connectivity index (χ1n) is 4.38. The Kier molecular flexibility index (Phi) is 3.22. The Balaban J connectivity index is 2.74. The minimum Gasteiger partial charge on any atom is -0.481 e. The van der Waals surface area contributed by atoms with Crippen molar-refractivity contribution >= 4 is 5.97 Å². The molecule has 1 unspecified atom stereocenters. The smallest absolute Gasteiger partial charge is 0.303 e. The normalized spacial score (nSPS) is 12.8. The van der Waals surface area contributed by atoms with E-state index in [-0.39, 0.29) is 6.42 Å². The Morgan fingerprint density at radius 3 is 2.86 bits per heavy atom. The monoisotopic (exact) mass is 200 g/mol. The Morgan fingerprint density at radius 1 is 1.79 bits per heavy atom. The molecule has 5 heteroatoms. The lowest BCUT2D eigenvalue weighted by molar-refractivity contribution is -0.137. The molecule has 0 spiro atoms. The van der Waals surface area contributed by atoms with Crippen LogP contribution in [0.3, 0.4) is 0 Å². The number of hydrogen-bond donors (Lipinski definition) is 1. The van der Waals surface area contributed by atoms with E-state index in [0.29, 0.717) is 17.9 Å². The Bertz CT molecular complexity index is 334. The van der Waals surface area contributed by atoms with E-state index in [1.54, 1.807) is 11.6 Å². The van der Waals surface area contributed by atoms with Gasteiger partial charge < -0.3 is 9.67 Å². The first-order valence-corrected chi connectivity index (χ1v) is 4.38. The second-order valence-electron chi connectivity index (χ2n) is 3.17. The lowest BCUT2D eigenvalue weighted by atomic mass is 10.3. The molecular formula is C9H13FN2O2. The van der Waals surface area contributed by atoms with Crippen molar-refractivity contribution in [2.24, 2.45) is 7.05 Å². The van der Waals surface area contributed by atoms with E-state index in [1.807, 2.05) is 0 Å². The quantitative estimate of drug-likeness (QED) is 0.800. The van der Waals surface area contributed by atoms with Gasteiger partial charge in [-0.25, -0.2) is 9.37 Å². The van der Waals surface area contributed by atoms with Crippen molar-refractivity contribution in [3.63, 3.8) is 0 Å². The van der Waals surface area contributed by atoms with Crippen LogP contribution < -0.4 is 0 Å². The number of aliphatic carboxylic acids is 1. The molecule has 1 aromatic rings. The van der Waals surface area contributed by atoms with Crippen LogP contribution in [0.25, 0.3) is 0 Å². The number of aryl methyl sites for hydroxylation is 1. The van der Waals surface area contributed by atoms with E-state index in [2.05, 4.69) is 4.98 Å². The van der Waals surface area contributed by atoms with Crippen molar-refractivity contribution in [3.05, 3.63) is 17.7 Å². The SMILES string of the molecule is CC(F)c1cnc(CCC(=O)O)n1C. The summed E-state index contributed by atoms with van der Waals surface area (Å²) in [4.78, 5) is 14.3. The van der Waals surface area contributed by atoms with Gasteiger partial charge in [0.2, 0.25) is 0 Å². The molecule has 0 aliphatic rings. The van der Waals surface area contributed by atoms with E-state index in [0.717, 1.165) is 0 Å². The number of rotatable bonds is 4. The summed E-state index contributed by atoms with van der Waals surface area (Å²) < 4.78 is 14.5. The maximum Gasteiger partial charge on any atom is 0.303 e. The molecule has 0 saturated heterocycles. The summed E-state index contributed by atoms with van der Waals surface area (Å²) in [5.41, 5.74) is 0.477. The van der Waals surface area contributed by atoms with Crippen molar-refractivity contribution in [1.29, 1.82) is 0 Å². The zero-order chi connectivity index (χ0) is 10.7. The highest BCUT2D eigenvalue weighted by molar-refractivity contribution is 5.66. The van der Waals surface area contributed by atoms with Crippen LogP contribution in [0.4, 0.5) is 4.39 Å². The number of carbonyl (C=O) groups is 1. The van der Waals surface area contributed by atoms with Gasteiger partial charge in [0.15, 0.2) is 0 Å². The number of carboxylic acid groups (broad SMARTS) is 1. The summed E-state index contributed by atoms with van der Waals surface area (Å²) >= 11 is 0. The summed E-state index contributed by atoms with van der Waals surface area (Å²) in [5, 5.41) is 8.47. The average Bonchev–Trinajstić information content (AvgIpc) is 2.43. The summed E-state index contributed by atoms with van der Waals surface area (Å²) in [6.07, 6.45) is 0.719. The molecule has 0 bridgehead atoms. The maximum absolute atomic E-state index is 12.9. The van der Waals surface area contributed by atoms with Gasteiger partial charge in [0, 0.05) is 13.5 Å². The molecule has 78 valence electrons. The molecule has 0 fully saturated rings. The fourth-order valence-electron chi connectivity index (χ4n) is 1.28. The first kappa shape index (κ1) is 10.7. The number of aromatic nitrogens is 2. The molecule has 0 aliphatic carbocycles. The van der Waals surface area contributed by atoms with Crippen molar-refractivity contribution in [1.82, 2.24) is 9.55 Å². The zero-order valence-electron chi connectivity index (χ0n) is 8.20. The molecule has 0 aliphatic heterocycles. The third-order valence-electron chi connectivity index (χ3n) is 2.09. The second-order valence-corrected chi connectivity index (χ2v) is 3.17. The van der Waals surface area contributed by atoms with Crippen LogP contribution in [0.5, 0.6) is 0 Å². The summed E-state index contributed by atoms with van der Waals surface area (Å²) in [7, 11) is 1.69. The highest BCUT2D eigenvalue weighted by Gasteiger charge is 2.12. The Labute approximate surface area is 81.4 Å². The number of alkyl halides is 1. The lowest BCUT2D eigenvalue weighted by Gasteiger charge is -2.05. The van der Waals surface area contributed by atoms with Gasteiger partial charge in [-0.15, -0.1) is 0 Å². The maximum atomic E-state index is 12.9. The van der Waals surface area contributed by atoms with E-state index < -0.39 is 12.1 Å². The van der Waals surface area contributed by atoms with Gasteiger partial charge in [-0.05, 0) is 6.92 Å². The van der Waals surface area contributed by atoms with Gasteiger partial charge in [-0.2, -0.15) is 0 Å². The molecule has 1 N–H and O–H groups in total. The van der Waals surface area contributed by atoms with Crippen LogP contribution in [0.2, 0.25) is 0 Å². The largest absolute Gasteiger partial charge is 0.481 e. The average molecular weight is 200 g/mol. The Morgan fingerprint density at radius 2 is 2.43 bits per heavy atom. The molecule has 1 aromatic heterocycles. The number of carboxylic acids is 1. The zero-order valence-corrected chi connectivity index (χ0v) is 8.20. The fraction of sp³-hybridized carbons (Fsp3) is 0.556. The molecule has 1 rings (SSSR count). The van der Waals surface area contributed by atoms with Crippen molar-refractivity contribution in [2.45, 2.75) is 25.9 Å². The number of imidazole rings is 1. The predicted molar refractivity (Wildman–Crippen MR) is 48.7 cm³/mol. The molecule has 1 atom stereocenters. The van der Waals surface area contributed by atoms with Crippen LogP contribution in [-0.2, 0) is 18.3 Å². The van der Waals surface area contributed by atoms with Crippen LogP contribution in [0.1, 0.15) is 31.0 Å². The van der Waals surface area contributed by atoms with Crippen LogP contribution in [0.15, 0.2) is 6.20 Å². The number of nitrogens with zero attached hydrogens (tertiary/aromatic N) is 2. The van der Waals surface area contributed by atoms with Gasteiger partial charge in [-0.1, -0.05) is 0 Å². The molecular weight excluding hydrogens is 187 g/mol. The summed E-state index contributed by atoms with van der Waals surface area (Å²) in [6.45, 7) is 1.43. The number of hydrogen-bond acceptors (Lipinski definition) is 2. The fourth-order valence-corrected chi connectivity index (χ4v) is 1.28. The van der Waals surface area contributed by atoms with Crippen LogP contribution in [0, 0.1) is 0 Å². The van der Waals surface area contributed by atoms with Crippen molar-refractivity contribution in [3.8, 4) is 0 Å². The summed E-state index contributed by atoms with van der Waals surface area (Å²) in [5.74, 6) is -0.269. The van der Waals surface area contributed by atoms with E-state index in [4.69, 9.17) is 5.11 Å². The van der Waals surface area contributed by atoms with E-state index >= 15 is 0 Å². The van der Waals surface area contributed by atoms with Gasteiger partial charge in [-0.3, -0.25) is 4.79 Å². The standard InChI is InChI=1S/C9H13FN2O2/c1-6(10)7-5-11-8(12(7)2)3-4-9(13)14/h5-6H,3-4H2,1-2H3,(H,13,14). The van der Waals surface area contributed by atoms with Gasteiger partial charge in [0.05, 0.1) is 18.3 Å². The summed E-state index contributed by atoms with van der Waals surface area (Å²) in [6, 6.07) is 0. The van der Waals surface area contributed by atoms with E-state index in [1.165, 1.54) is 13.1 Å². The molecule has 4 nitrogen and oxygen atoms in total. The topological polar surface area (TPSA) is 55.1 Å². The molecule has 0 saturated carbocycles. The highest BCUT2D eigenvalue weighted by atomic mass is 19.1. The Hall–Kier alpha value is -1.39. The first-order chi connectivity index (χ1) is 6.52. The minimum absolute atomic E-state index is 0.0188. The third-order valence-corrected chi connectivity index (χ3v) is 2.09. The molecule has 0 amide bonds. The van der Waals surface area contributed by atoms with Gasteiger partial charge in [0.25, 0.3) is 0 Å². The molecule has 0 aromatic carbocycles. The molecule has 0 radical (unpaired) electrons. The predicted octanol–water partition coefficient (Wildman–Crippen LogP) is 1.47. The molecule has 1 heterocycles. The van der Waals surface area contributed by atoms with Crippen molar-refractivity contribution < 1.29 is 14.3 Å². The third kappa shape index (κ3) is 2.31. The minimum atomic E-state index is -1.08. The van der Waals surface area contributed by atoms with Gasteiger partial charge >= 0.3 is 5.97 Å². The number of halogens is 1.